The van der Waals surface area contributed by atoms with Crippen molar-refractivity contribution in [1.29, 1.82) is 0 Å². The van der Waals surface area contributed by atoms with Gasteiger partial charge >= 0.3 is 5.97 Å². The van der Waals surface area contributed by atoms with Gasteiger partial charge in [-0.25, -0.2) is 8.42 Å². The quantitative estimate of drug-likeness (QED) is 0.876. The summed E-state index contributed by atoms with van der Waals surface area (Å²) in [5.41, 5.74) is 0.413. The van der Waals surface area contributed by atoms with Gasteiger partial charge in [-0.3, -0.25) is 9.10 Å². The van der Waals surface area contributed by atoms with Crippen molar-refractivity contribution in [2.45, 2.75) is 32.1 Å². The number of hydrogen-bond acceptors (Lipinski definition) is 3. The van der Waals surface area contributed by atoms with E-state index in [9.17, 15) is 13.2 Å². The van der Waals surface area contributed by atoms with Crippen LogP contribution < -0.4 is 4.31 Å². The lowest BCUT2D eigenvalue weighted by atomic mass is 9.91. The minimum atomic E-state index is -3.62. The zero-order chi connectivity index (χ0) is 15.3. The second-order valence-electron chi connectivity index (χ2n) is 5.52. The van der Waals surface area contributed by atoms with Gasteiger partial charge in [0.2, 0.25) is 10.0 Å². The first kappa shape index (κ1) is 15.8. The molecule has 0 spiro atoms. The molecule has 0 radical (unpaired) electrons. The van der Waals surface area contributed by atoms with Crippen molar-refractivity contribution in [1.82, 2.24) is 0 Å². The van der Waals surface area contributed by atoms with Crippen molar-refractivity contribution in [3.8, 4) is 0 Å². The zero-order valence-electron chi connectivity index (χ0n) is 11.9. The molecule has 0 unspecified atom stereocenters. The maximum absolute atomic E-state index is 12.6. The molecule has 116 valence electrons. The maximum atomic E-state index is 12.6. The fraction of sp³-hybridized carbons (Fsp3) is 0.533. The molecule has 0 aromatic heterocycles. The van der Waals surface area contributed by atoms with Crippen molar-refractivity contribution < 1.29 is 18.3 Å². The smallest absolute Gasteiger partial charge is 0.324 e. The van der Waals surface area contributed by atoms with Crippen LogP contribution in [0.2, 0.25) is 0 Å². The van der Waals surface area contributed by atoms with Gasteiger partial charge in [-0.05, 0) is 30.9 Å². The molecule has 1 aromatic rings. The number of carboxylic acid groups (broad SMARTS) is 1. The van der Waals surface area contributed by atoms with Crippen LogP contribution in [0.15, 0.2) is 30.3 Å². The molecule has 0 amide bonds. The summed E-state index contributed by atoms with van der Waals surface area (Å²) in [6.07, 6.45) is 5.10. The lowest BCUT2D eigenvalue weighted by Gasteiger charge is -2.27. The molecule has 1 aliphatic rings. The van der Waals surface area contributed by atoms with Gasteiger partial charge in [-0.2, -0.15) is 0 Å². The molecular weight excluding hydrogens is 290 g/mol. The Balaban J connectivity index is 2.20. The Bertz CT molecular complexity index is 565. The minimum Gasteiger partial charge on any atom is -0.480 e. The number of aliphatic carboxylic acids is 1. The molecule has 1 N–H and O–H groups in total. The average Bonchev–Trinajstić information content (AvgIpc) is 2.46. The summed E-state index contributed by atoms with van der Waals surface area (Å²) < 4.78 is 26.2. The fourth-order valence-electron chi connectivity index (χ4n) is 2.81. The van der Waals surface area contributed by atoms with E-state index in [1.807, 2.05) is 0 Å². The van der Waals surface area contributed by atoms with E-state index in [4.69, 9.17) is 5.11 Å². The molecule has 0 bridgehead atoms. The van der Waals surface area contributed by atoms with Crippen LogP contribution in [-0.2, 0) is 14.8 Å². The van der Waals surface area contributed by atoms with E-state index in [2.05, 4.69) is 0 Å². The summed E-state index contributed by atoms with van der Waals surface area (Å²) in [5, 5.41) is 9.01. The van der Waals surface area contributed by atoms with E-state index in [1.165, 1.54) is 0 Å². The summed E-state index contributed by atoms with van der Waals surface area (Å²) in [7, 11) is -3.62. The maximum Gasteiger partial charge on any atom is 0.324 e. The van der Waals surface area contributed by atoms with Gasteiger partial charge in [0, 0.05) is 0 Å². The third-order valence-electron chi connectivity index (χ3n) is 3.83. The molecule has 6 heteroatoms. The summed E-state index contributed by atoms with van der Waals surface area (Å²) in [5.74, 6) is -0.968. The number of benzene rings is 1. The average molecular weight is 311 g/mol. The number of rotatable bonds is 6. The highest BCUT2D eigenvalue weighted by molar-refractivity contribution is 7.92. The van der Waals surface area contributed by atoms with Gasteiger partial charge in [0.1, 0.15) is 6.54 Å². The molecule has 1 fully saturated rings. The number of para-hydroxylation sites is 1. The highest BCUT2D eigenvalue weighted by Gasteiger charge is 2.28. The highest BCUT2D eigenvalue weighted by atomic mass is 32.2. The number of carbonyl (C=O) groups is 1. The molecule has 1 aliphatic carbocycles. The van der Waals surface area contributed by atoms with Crippen LogP contribution in [0.25, 0.3) is 0 Å². The number of sulfonamides is 1. The van der Waals surface area contributed by atoms with Crippen molar-refractivity contribution in [2.75, 3.05) is 16.6 Å². The summed E-state index contributed by atoms with van der Waals surface area (Å²) in [4.78, 5) is 11.0. The molecule has 0 aliphatic heterocycles. The fourth-order valence-corrected chi connectivity index (χ4v) is 4.67. The van der Waals surface area contributed by atoms with Crippen molar-refractivity contribution in [3.63, 3.8) is 0 Å². The Morgan fingerprint density at radius 2 is 1.76 bits per heavy atom. The van der Waals surface area contributed by atoms with Crippen LogP contribution in [0.3, 0.4) is 0 Å². The molecule has 2 rings (SSSR count). The molecule has 21 heavy (non-hydrogen) atoms. The zero-order valence-corrected chi connectivity index (χ0v) is 12.8. The lowest BCUT2D eigenvalue weighted by Crippen LogP contribution is -2.39. The Morgan fingerprint density at radius 3 is 2.33 bits per heavy atom. The van der Waals surface area contributed by atoms with Crippen LogP contribution in [0.5, 0.6) is 0 Å². The van der Waals surface area contributed by atoms with Gasteiger partial charge in [-0.1, -0.05) is 37.5 Å². The second kappa shape index (κ2) is 6.93. The van der Waals surface area contributed by atoms with E-state index in [1.54, 1.807) is 30.3 Å². The Morgan fingerprint density at radius 1 is 1.14 bits per heavy atom. The topological polar surface area (TPSA) is 74.7 Å². The first-order valence-electron chi connectivity index (χ1n) is 7.26. The Hall–Kier alpha value is -1.56. The highest BCUT2D eigenvalue weighted by Crippen LogP contribution is 2.27. The number of nitrogens with zero attached hydrogens (tertiary/aromatic N) is 1. The van der Waals surface area contributed by atoms with Gasteiger partial charge in [0.15, 0.2) is 0 Å². The third-order valence-corrected chi connectivity index (χ3v) is 5.73. The van der Waals surface area contributed by atoms with Gasteiger partial charge in [0.05, 0.1) is 11.4 Å². The summed E-state index contributed by atoms with van der Waals surface area (Å²) in [6, 6.07) is 8.44. The van der Waals surface area contributed by atoms with E-state index < -0.39 is 22.5 Å². The van der Waals surface area contributed by atoms with E-state index >= 15 is 0 Å². The number of hydrogen-bond donors (Lipinski definition) is 1. The summed E-state index contributed by atoms with van der Waals surface area (Å²) in [6.45, 7) is -0.529. The van der Waals surface area contributed by atoms with Crippen LogP contribution >= 0.6 is 0 Å². The molecule has 1 aromatic carbocycles. The molecule has 5 nitrogen and oxygen atoms in total. The molecule has 0 saturated heterocycles. The Kier molecular flexibility index (Phi) is 5.22. The largest absolute Gasteiger partial charge is 0.480 e. The SMILES string of the molecule is O=C(O)CN(c1ccccc1)S(=O)(=O)CC1CCCCC1. The molecular formula is C15H21NO4S. The van der Waals surface area contributed by atoms with Crippen molar-refractivity contribution in [3.05, 3.63) is 30.3 Å². The normalized spacial score (nSPS) is 16.6. The van der Waals surface area contributed by atoms with Crippen LogP contribution in [0, 0.1) is 5.92 Å². The molecule has 0 atom stereocenters. The summed E-state index contributed by atoms with van der Waals surface area (Å²) >= 11 is 0. The standard InChI is InChI=1S/C15H21NO4S/c17-15(18)11-16(14-9-5-2-6-10-14)21(19,20)12-13-7-3-1-4-8-13/h2,5-6,9-10,13H,1,3-4,7-8,11-12H2,(H,17,18). The predicted octanol–water partition coefficient (Wildman–Crippen LogP) is 2.49. The van der Waals surface area contributed by atoms with Crippen LogP contribution in [0.4, 0.5) is 5.69 Å². The first-order chi connectivity index (χ1) is 9.99. The van der Waals surface area contributed by atoms with E-state index in [0.717, 1.165) is 36.4 Å². The van der Waals surface area contributed by atoms with Gasteiger partial charge in [0.25, 0.3) is 0 Å². The number of carboxylic acids is 1. The van der Waals surface area contributed by atoms with Crippen molar-refractivity contribution >= 4 is 21.7 Å². The Labute approximate surface area is 125 Å². The van der Waals surface area contributed by atoms with E-state index in [-0.39, 0.29) is 11.7 Å². The van der Waals surface area contributed by atoms with E-state index in [0.29, 0.717) is 5.69 Å². The van der Waals surface area contributed by atoms with Crippen LogP contribution in [0.1, 0.15) is 32.1 Å². The second-order valence-corrected chi connectivity index (χ2v) is 7.46. The first-order valence-corrected chi connectivity index (χ1v) is 8.87. The minimum absolute atomic E-state index is 0.0369. The van der Waals surface area contributed by atoms with Crippen LogP contribution in [-0.4, -0.2) is 31.8 Å². The lowest BCUT2D eigenvalue weighted by molar-refractivity contribution is -0.135. The van der Waals surface area contributed by atoms with Gasteiger partial charge in [-0.15, -0.1) is 0 Å². The predicted molar refractivity (Wildman–Crippen MR) is 81.8 cm³/mol. The van der Waals surface area contributed by atoms with Gasteiger partial charge < -0.3 is 5.11 Å². The van der Waals surface area contributed by atoms with Crippen molar-refractivity contribution in [2.24, 2.45) is 5.92 Å². The molecule has 0 heterocycles. The third kappa shape index (κ3) is 4.46. The molecule has 1 saturated carbocycles. The monoisotopic (exact) mass is 311 g/mol. The number of anilines is 1.